The standard InChI is InChI=1S/2C43H27N2OP.C39H25N2OP/c46-47(29-16-2-1-3-17-29)38-26-11-10-25-37(38)45-42-36(24-13-27-39(42)47)44-43(45)41-34-21-8-6-19-32(34)40(33-20-7-9-22-35(33)41)31-23-12-15-28-14-4-5-18-30(28)31;46-47(31-15-2-1-3-16-31)38-23-11-10-22-37(38)45-42-36(21-12-24-39(42)47)44-43(45)41-34-19-8-6-17-32(34)40(33-18-7-9-20-35(33)41)30-26-25-28-13-4-5-14-29(28)27-30;42-43(27-16-5-2-6-17-27)34-24-12-11-23-33(34)41-38-32(22-13-25-35(38)43)40-39(41)37-30-20-9-7-18-28(30)36(26-14-3-1-4-15-26)29-19-8-10-21-31(29)37/h2*1-27H;1-25H. The molecule has 137 heavy (non-hydrogen) atoms. The van der Waals surface area contributed by atoms with Crippen LogP contribution in [-0.4, -0.2) is 28.7 Å². The molecule has 0 aliphatic carbocycles. The Labute approximate surface area is 789 Å². The molecule has 0 bridgehead atoms. The van der Waals surface area contributed by atoms with Gasteiger partial charge in [0.25, 0.3) is 0 Å². The van der Waals surface area contributed by atoms with Crippen molar-refractivity contribution in [2.45, 2.75) is 0 Å². The van der Waals surface area contributed by atoms with E-state index in [0.717, 1.165) is 164 Å². The van der Waals surface area contributed by atoms with Gasteiger partial charge < -0.3 is 13.7 Å². The third-order valence-electron chi connectivity index (χ3n) is 28.4. The van der Waals surface area contributed by atoms with Crippen molar-refractivity contribution in [3.05, 3.63) is 479 Å². The average Bonchev–Trinajstić information content (AvgIpc) is 1.69. The van der Waals surface area contributed by atoms with Crippen LogP contribution in [-0.2, 0) is 13.7 Å². The van der Waals surface area contributed by atoms with Crippen LogP contribution in [0.1, 0.15) is 0 Å². The van der Waals surface area contributed by atoms with E-state index in [1.54, 1.807) is 0 Å². The molecule has 3 aromatic heterocycles. The number of imidazole rings is 3. The molecule has 12 heteroatoms. The minimum absolute atomic E-state index is 0.833. The summed E-state index contributed by atoms with van der Waals surface area (Å²) in [5.74, 6) is 2.58. The molecule has 29 rings (SSSR count). The summed E-state index contributed by atoms with van der Waals surface area (Å²) in [4.78, 5) is 16.2. The zero-order valence-corrected chi connectivity index (χ0v) is 76.5. The molecule has 0 saturated carbocycles. The number of hydrogen-bond donors (Lipinski definition) is 0. The molecule has 0 N–H and O–H groups in total. The van der Waals surface area contributed by atoms with Gasteiger partial charge in [-0.25, -0.2) is 15.0 Å². The molecular weight excluding hydrogens is 1730 g/mol. The van der Waals surface area contributed by atoms with Crippen LogP contribution in [0.5, 0.6) is 0 Å². The molecule has 3 atom stereocenters. The molecule has 3 unspecified atom stereocenters. The molecule has 6 heterocycles. The van der Waals surface area contributed by atoms with Gasteiger partial charge in [-0.05, 0) is 198 Å². The average molecular weight is 1810 g/mol. The van der Waals surface area contributed by atoms with E-state index in [1.165, 1.54) is 87.2 Å². The minimum atomic E-state index is -3.17. The zero-order valence-electron chi connectivity index (χ0n) is 73.9. The van der Waals surface area contributed by atoms with Crippen LogP contribution in [0.15, 0.2) is 479 Å². The molecule has 0 spiro atoms. The fourth-order valence-electron chi connectivity index (χ4n) is 22.6. The van der Waals surface area contributed by atoms with E-state index in [4.69, 9.17) is 15.0 Å². The van der Waals surface area contributed by atoms with E-state index in [0.29, 0.717) is 0 Å². The quantitative estimate of drug-likeness (QED) is 0.105. The summed E-state index contributed by atoms with van der Waals surface area (Å²) in [5, 5.41) is 26.3. The summed E-state index contributed by atoms with van der Waals surface area (Å²) in [6.07, 6.45) is 0. The lowest BCUT2D eigenvalue weighted by Crippen LogP contribution is -2.32. The predicted octanol–water partition coefficient (Wildman–Crippen LogP) is 28.2. The molecule has 0 radical (unpaired) electrons. The summed E-state index contributed by atoms with van der Waals surface area (Å²) >= 11 is 0. The van der Waals surface area contributed by atoms with Gasteiger partial charge in [-0.1, -0.05) is 400 Å². The number of rotatable bonds is 9. The number of hydrogen-bond acceptors (Lipinski definition) is 6. The molecule has 0 amide bonds. The van der Waals surface area contributed by atoms with Crippen LogP contribution in [0.2, 0.25) is 0 Å². The van der Waals surface area contributed by atoms with Crippen molar-refractivity contribution in [2.75, 3.05) is 0 Å². The Hall–Kier alpha value is -16.8. The summed E-state index contributed by atoms with van der Waals surface area (Å²) in [7, 11) is -9.49. The van der Waals surface area contributed by atoms with E-state index in [2.05, 4.69) is 305 Å². The van der Waals surface area contributed by atoms with Crippen molar-refractivity contribution in [2.24, 2.45) is 0 Å². The molecule has 0 fully saturated rings. The van der Waals surface area contributed by atoms with Gasteiger partial charge in [0.15, 0.2) is 21.4 Å². The van der Waals surface area contributed by atoms with Gasteiger partial charge in [0, 0.05) is 64.4 Å². The molecule has 0 saturated heterocycles. The van der Waals surface area contributed by atoms with Crippen LogP contribution in [0, 0.1) is 0 Å². The van der Waals surface area contributed by atoms with E-state index in [1.807, 2.05) is 188 Å². The molecule has 3 aliphatic heterocycles. The second-order valence-corrected chi connectivity index (χ2v) is 43.6. The molecule has 9 nitrogen and oxygen atoms in total. The maximum absolute atomic E-state index is 15.5. The summed E-state index contributed by atoms with van der Waals surface area (Å²) in [6, 6.07) is 166. The lowest BCUT2D eigenvalue weighted by molar-refractivity contribution is 0.591. The topological polar surface area (TPSA) is 105 Å². The van der Waals surface area contributed by atoms with E-state index >= 15 is 13.7 Å². The first kappa shape index (κ1) is 79.9. The minimum Gasteiger partial charge on any atom is -0.308 e. The second-order valence-electron chi connectivity index (χ2n) is 35.5. The van der Waals surface area contributed by atoms with E-state index in [-0.39, 0.29) is 0 Å². The fourth-order valence-corrected chi connectivity index (χ4v) is 31.6. The first-order chi connectivity index (χ1) is 67.7. The lowest BCUT2D eigenvalue weighted by Gasteiger charge is -2.29. The SMILES string of the molecule is O=P1(c2ccccc2)c2ccccc2-n2c(-c3c4ccccc4c(-c4ccc5ccccc5c4)c4ccccc34)nc3cccc1c32.O=P1(c2ccccc2)c2ccccc2-n2c(-c3c4ccccc4c(-c4cccc5ccccc45)c4ccccc34)nc3cccc1c32.O=P1(c2ccccc2)c2ccccc2-n2c(-c3c4ccccc4c(-c4ccccc4)c4ccccc34)nc3cccc1c32. The van der Waals surface area contributed by atoms with Gasteiger partial charge in [0.05, 0.1) is 50.2 Å². The number of aromatic nitrogens is 6. The largest absolute Gasteiger partial charge is 0.308 e. The van der Waals surface area contributed by atoms with Gasteiger partial charge in [0.2, 0.25) is 0 Å². The predicted molar refractivity (Wildman–Crippen MR) is 575 cm³/mol. The third-order valence-corrected chi connectivity index (χ3v) is 37.7. The first-order valence-corrected chi connectivity index (χ1v) is 51.5. The van der Waals surface area contributed by atoms with Crippen LogP contribution in [0.25, 0.3) is 204 Å². The van der Waals surface area contributed by atoms with Gasteiger partial charge in [-0.15, -0.1) is 0 Å². The van der Waals surface area contributed by atoms with E-state index in [9.17, 15) is 0 Å². The molecule has 23 aromatic carbocycles. The van der Waals surface area contributed by atoms with Crippen molar-refractivity contribution in [1.29, 1.82) is 0 Å². The first-order valence-electron chi connectivity index (χ1n) is 46.4. The summed E-state index contributed by atoms with van der Waals surface area (Å²) in [6.45, 7) is 0. The lowest BCUT2D eigenvalue weighted by atomic mass is 9.86. The number of fused-ring (bicyclic) bond motifs is 14. The number of nitrogens with zero attached hydrogens (tertiary/aromatic N) is 6. The van der Waals surface area contributed by atoms with Crippen LogP contribution in [0.4, 0.5) is 0 Å². The Bertz CT molecular complexity index is 9570. The summed E-state index contributed by atoms with van der Waals surface area (Å²) < 4.78 is 53.2. The van der Waals surface area contributed by atoms with Crippen molar-refractivity contribution in [3.63, 3.8) is 0 Å². The molecule has 642 valence electrons. The highest BCUT2D eigenvalue weighted by atomic mass is 31.2. The molecule has 26 aromatic rings. The highest BCUT2D eigenvalue weighted by Gasteiger charge is 2.45. The highest BCUT2D eigenvalue weighted by molar-refractivity contribution is 7.87. The Balaban J connectivity index is 0.000000104. The van der Waals surface area contributed by atoms with Gasteiger partial charge in [-0.3, -0.25) is 13.7 Å². The van der Waals surface area contributed by atoms with Crippen molar-refractivity contribution < 1.29 is 13.7 Å². The fraction of sp³-hybridized carbons (Fsp3) is 0. The smallest absolute Gasteiger partial charge is 0.175 e. The maximum atomic E-state index is 15.5. The number of benzene rings is 23. The monoisotopic (exact) mass is 1800 g/mol. The molecular formula is C125H79N6O3P3. The Morgan fingerprint density at radius 1 is 0.175 bits per heavy atom. The van der Waals surface area contributed by atoms with Gasteiger partial charge in [0.1, 0.15) is 17.5 Å². The Morgan fingerprint density at radius 2 is 0.431 bits per heavy atom. The highest BCUT2D eigenvalue weighted by Crippen LogP contribution is 2.57. The Kier molecular flexibility index (Phi) is 18.3. The maximum Gasteiger partial charge on any atom is 0.175 e. The van der Waals surface area contributed by atoms with Crippen molar-refractivity contribution in [1.82, 2.24) is 28.7 Å². The zero-order chi connectivity index (χ0) is 90.8. The van der Waals surface area contributed by atoms with Crippen LogP contribution >= 0.6 is 21.4 Å². The molecule has 3 aliphatic rings. The van der Waals surface area contributed by atoms with Crippen LogP contribution in [0.3, 0.4) is 0 Å². The normalized spacial score (nSPS) is 15.5. The van der Waals surface area contributed by atoms with Crippen LogP contribution < -0.4 is 47.7 Å². The van der Waals surface area contributed by atoms with Gasteiger partial charge in [-0.2, -0.15) is 0 Å². The van der Waals surface area contributed by atoms with Crippen molar-refractivity contribution in [3.8, 4) is 84.6 Å². The summed E-state index contributed by atoms with van der Waals surface area (Å²) in [5.41, 5.74) is 18.5. The Morgan fingerprint density at radius 3 is 0.788 bits per heavy atom. The second kappa shape index (κ2) is 31.4. The van der Waals surface area contributed by atoms with Gasteiger partial charge >= 0.3 is 0 Å². The van der Waals surface area contributed by atoms with Crippen molar-refractivity contribution >= 4 is 188 Å². The van der Waals surface area contributed by atoms with E-state index < -0.39 is 21.4 Å². The number of para-hydroxylation sites is 6. The third kappa shape index (κ3) is 11.9.